The summed E-state index contributed by atoms with van der Waals surface area (Å²) in [7, 11) is -4.52. The molecule has 0 aromatic heterocycles. The smallest absolute Gasteiger partial charge is 0.457 e. The number of aliphatic hydroxyl groups excluding tert-OH is 2. The molecule has 310 valence electrons. The maximum absolute atomic E-state index is 12.6. The van der Waals surface area contributed by atoms with E-state index in [0.717, 1.165) is 70.6 Å². The van der Waals surface area contributed by atoms with Crippen molar-refractivity contribution in [2.75, 3.05) is 33.0 Å². The van der Waals surface area contributed by atoms with Crippen molar-refractivity contribution in [2.45, 2.75) is 187 Å². The number of hydrogen-bond donors (Lipinski definition) is 3. The van der Waals surface area contributed by atoms with Crippen LogP contribution in [0.5, 0.6) is 0 Å². The highest BCUT2D eigenvalue weighted by Gasteiger charge is 2.26. The Labute approximate surface area is 324 Å². The van der Waals surface area contributed by atoms with Crippen LogP contribution in [0.1, 0.15) is 174 Å². The first-order valence-corrected chi connectivity index (χ1v) is 22.6. The van der Waals surface area contributed by atoms with Gasteiger partial charge in [-0.05, 0) is 51.4 Å². The lowest BCUT2D eigenvalue weighted by molar-refractivity contribution is -0.154. The van der Waals surface area contributed by atoms with Crippen molar-refractivity contribution in [3.63, 3.8) is 0 Å². The first-order valence-electron chi connectivity index (χ1n) is 21.1. The predicted molar refractivity (Wildman–Crippen MR) is 219 cm³/mol. The second-order valence-corrected chi connectivity index (χ2v) is 15.4. The molecule has 3 atom stereocenters. The molecule has 0 aliphatic heterocycles. The molecule has 0 saturated carbocycles. The third-order valence-electron chi connectivity index (χ3n) is 8.78. The zero-order valence-electron chi connectivity index (χ0n) is 33.7. The summed E-state index contributed by atoms with van der Waals surface area (Å²) in [6.07, 6.45) is 43.5. The largest absolute Gasteiger partial charge is 0.472 e. The van der Waals surface area contributed by atoms with Crippen LogP contribution in [0, 0.1) is 0 Å². The summed E-state index contributed by atoms with van der Waals surface area (Å²) in [5.74, 6) is -0.388. The van der Waals surface area contributed by atoms with E-state index in [1.54, 1.807) is 0 Å². The molecular formula is C43H79O9P. The highest BCUT2D eigenvalue weighted by Crippen LogP contribution is 2.43. The molecule has 0 aromatic rings. The Morgan fingerprint density at radius 2 is 1.08 bits per heavy atom. The summed E-state index contributed by atoms with van der Waals surface area (Å²) in [6, 6.07) is 0. The number of allylic oxidation sites excluding steroid dienone is 8. The van der Waals surface area contributed by atoms with E-state index in [4.69, 9.17) is 23.6 Å². The number of hydrogen-bond acceptors (Lipinski definition) is 8. The molecule has 0 aliphatic rings. The first-order chi connectivity index (χ1) is 25.8. The fraction of sp³-hybridized carbons (Fsp3) is 0.791. The van der Waals surface area contributed by atoms with Crippen LogP contribution in [-0.2, 0) is 27.9 Å². The first kappa shape index (κ1) is 51.4. The average molecular weight is 771 g/mol. The van der Waals surface area contributed by atoms with E-state index in [9.17, 15) is 19.4 Å². The summed E-state index contributed by atoms with van der Waals surface area (Å²) in [5, 5.41) is 18.3. The third-order valence-corrected chi connectivity index (χ3v) is 9.73. The summed E-state index contributed by atoms with van der Waals surface area (Å²) in [6.45, 7) is 3.38. The second-order valence-electron chi connectivity index (χ2n) is 14.0. The third kappa shape index (κ3) is 39.9. The number of phosphoric ester groups is 1. The molecule has 0 fully saturated rings. The van der Waals surface area contributed by atoms with Gasteiger partial charge in [0, 0.05) is 13.0 Å². The molecule has 0 heterocycles. The highest BCUT2D eigenvalue weighted by atomic mass is 31.2. The maximum atomic E-state index is 12.6. The van der Waals surface area contributed by atoms with Crippen LogP contribution >= 0.6 is 7.82 Å². The van der Waals surface area contributed by atoms with E-state index >= 15 is 0 Å². The Kier molecular flexibility index (Phi) is 38.9. The zero-order valence-corrected chi connectivity index (χ0v) is 34.6. The van der Waals surface area contributed by atoms with Crippen molar-refractivity contribution < 1.29 is 43.0 Å². The highest BCUT2D eigenvalue weighted by molar-refractivity contribution is 7.47. The normalized spacial score (nSPS) is 14.6. The van der Waals surface area contributed by atoms with Crippen LogP contribution in [0.25, 0.3) is 0 Å². The SMILES string of the molecule is CC/C=C\C/C=C\C/C=C\C/C=C\CCCCCCCCCOCC(COP(=O)(O)OCC(O)CO)OC(=O)CCCCCCCCCCCCCC. The minimum absolute atomic E-state index is 0.0424. The quantitative estimate of drug-likeness (QED) is 0.0241. The fourth-order valence-corrected chi connectivity index (χ4v) is 6.37. The molecular weight excluding hydrogens is 691 g/mol. The van der Waals surface area contributed by atoms with Crippen LogP contribution < -0.4 is 0 Å². The standard InChI is InChI=1S/C43H79O9P/c1-3-5-7-9-11-13-15-17-18-19-20-21-22-23-24-26-28-30-32-34-36-49-39-42(40-51-53(47,48)50-38-41(45)37-44)52-43(46)35-33-31-29-27-25-16-14-12-10-8-6-4-2/h5,7,11,13,17-18,20-21,41-42,44-45H,3-4,6,8-10,12,14-16,19,22-40H2,1-2H3,(H,47,48)/b7-5-,13-11-,18-17-,21-20-. The zero-order chi connectivity index (χ0) is 38.9. The maximum Gasteiger partial charge on any atom is 0.472 e. The van der Waals surface area contributed by atoms with Gasteiger partial charge in [-0.3, -0.25) is 13.8 Å². The van der Waals surface area contributed by atoms with Crippen molar-refractivity contribution in [2.24, 2.45) is 0 Å². The molecule has 3 unspecified atom stereocenters. The van der Waals surface area contributed by atoms with Gasteiger partial charge in [-0.15, -0.1) is 0 Å². The average Bonchev–Trinajstić information content (AvgIpc) is 3.15. The van der Waals surface area contributed by atoms with Gasteiger partial charge < -0.3 is 24.6 Å². The number of unbranched alkanes of at least 4 members (excludes halogenated alkanes) is 18. The van der Waals surface area contributed by atoms with Gasteiger partial charge >= 0.3 is 13.8 Å². The lowest BCUT2D eigenvalue weighted by Crippen LogP contribution is -2.29. The Morgan fingerprint density at radius 3 is 1.62 bits per heavy atom. The minimum atomic E-state index is -4.52. The molecule has 3 N–H and O–H groups in total. The molecule has 10 heteroatoms. The molecule has 9 nitrogen and oxygen atoms in total. The number of esters is 1. The van der Waals surface area contributed by atoms with E-state index in [2.05, 4.69) is 62.5 Å². The number of rotatable bonds is 40. The summed E-state index contributed by atoms with van der Waals surface area (Å²) in [4.78, 5) is 22.5. The molecule has 0 amide bonds. The van der Waals surface area contributed by atoms with Gasteiger partial charge in [0.25, 0.3) is 0 Å². The van der Waals surface area contributed by atoms with Gasteiger partial charge in [-0.1, -0.05) is 165 Å². The summed E-state index contributed by atoms with van der Waals surface area (Å²) < 4.78 is 33.3. The number of aliphatic hydroxyl groups is 2. The van der Waals surface area contributed by atoms with Crippen LogP contribution in [0.15, 0.2) is 48.6 Å². The van der Waals surface area contributed by atoms with Gasteiger partial charge in [0.15, 0.2) is 0 Å². The van der Waals surface area contributed by atoms with E-state index in [-0.39, 0.29) is 25.6 Å². The van der Waals surface area contributed by atoms with E-state index < -0.39 is 33.2 Å². The van der Waals surface area contributed by atoms with Crippen LogP contribution in [0.2, 0.25) is 0 Å². The van der Waals surface area contributed by atoms with Crippen molar-refractivity contribution >= 4 is 13.8 Å². The molecule has 0 aromatic carbocycles. The topological polar surface area (TPSA) is 132 Å². The Bertz CT molecular complexity index is 965. The Balaban J connectivity index is 4.17. The van der Waals surface area contributed by atoms with Gasteiger partial charge in [0.1, 0.15) is 12.2 Å². The number of ether oxygens (including phenoxy) is 2. The number of phosphoric acid groups is 1. The molecule has 0 aliphatic carbocycles. The van der Waals surface area contributed by atoms with Crippen molar-refractivity contribution in [3.8, 4) is 0 Å². The van der Waals surface area contributed by atoms with Crippen molar-refractivity contribution in [1.82, 2.24) is 0 Å². The lowest BCUT2D eigenvalue weighted by Gasteiger charge is -2.20. The minimum Gasteiger partial charge on any atom is -0.457 e. The van der Waals surface area contributed by atoms with Crippen molar-refractivity contribution in [3.05, 3.63) is 48.6 Å². The molecule has 0 rings (SSSR count). The summed E-state index contributed by atoms with van der Waals surface area (Å²) >= 11 is 0. The van der Waals surface area contributed by atoms with Gasteiger partial charge in [0.05, 0.1) is 26.4 Å². The molecule has 0 bridgehead atoms. The van der Waals surface area contributed by atoms with Gasteiger partial charge in [-0.2, -0.15) is 0 Å². The molecule has 53 heavy (non-hydrogen) atoms. The number of carbonyl (C=O) groups is 1. The van der Waals surface area contributed by atoms with Gasteiger partial charge in [0.2, 0.25) is 0 Å². The second kappa shape index (κ2) is 40.1. The monoisotopic (exact) mass is 771 g/mol. The van der Waals surface area contributed by atoms with Crippen LogP contribution in [-0.4, -0.2) is 66.3 Å². The Hall–Kier alpha value is -1.58. The Morgan fingerprint density at radius 1 is 0.604 bits per heavy atom. The van der Waals surface area contributed by atoms with Crippen LogP contribution in [0.4, 0.5) is 0 Å². The van der Waals surface area contributed by atoms with E-state index in [1.165, 1.54) is 83.5 Å². The van der Waals surface area contributed by atoms with Crippen molar-refractivity contribution in [1.29, 1.82) is 0 Å². The van der Waals surface area contributed by atoms with Crippen LogP contribution in [0.3, 0.4) is 0 Å². The molecule has 0 saturated heterocycles. The number of carbonyl (C=O) groups excluding carboxylic acids is 1. The molecule has 0 radical (unpaired) electrons. The van der Waals surface area contributed by atoms with Gasteiger partial charge in [-0.25, -0.2) is 4.57 Å². The lowest BCUT2D eigenvalue weighted by atomic mass is 10.0. The van der Waals surface area contributed by atoms with E-state index in [1.807, 2.05) is 0 Å². The predicted octanol–water partition coefficient (Wildman–Crippen LogP) is 11.4. The molecule has 0 spiro atoms. The fourth-order valence-electron chi connectivity index (χ4n) is 5.58. The summed E-state index contributed by atoms with van der Waals surface area (Å²) in [5.41, 5.74) is 0. The van der Waals surface area contributed by atoms with E-state index in [0.29, 0.717) is 6.61 Å².